The molecule has 0 bridgehead atoms. The first-order chi connectivity index (χ1) is 10.7. The average Bonchev–Trinajstić information content (AvgIpc) is 2.52. The monoisotopic (exact) mass is 312 g/mol. The lowest BCUT2D eigenvalue weighted by Gasteiger charge is -2.35. The van der Waals surface area contributed by atoms with E-state index in [-0.39, 0.29) is 6.04 Å². The number of ether oxygens (including phenoxy) is 1. The number of aliphatic imine (C=N–C) groups is 1. The van der Waals surface area contributed by atoms with Gasteiger partial charge in [0.1, 0.15) is 0 Å². The number of likely N-dealkylation sites (tertiary alicyclic amines) is 1. The third kappa shape index (κ3) is 7.45. The van der Waals surface area contributed by atoms with E-state index in [0.29, 0.717) is 12.6 Å². The molecule has 1 aliphatic heterocycles. The van der Waals surface area contributed by atoms with Crippen molar-refractivity contribution in [2.45, 2.75) is 65.0 Å². The zero-order valence-electron chi connectivity index (χ0n) is 15.0. The predicted molar refractivity (Wildman–Crippen MR) is 94.6 cm³/mol. The number of nitrogens with zero attached hydrogens (tertiary/aromatic N) is 2. The third-order valence-electron chi connectivity index (χ3n) is 4.15. The van der Waals surface area contributed by atoms with Gasteiger partial charge >= 0.3 is 0 Å². The topological polar surface area (TPSA) is 48.9 Å². The highest BCUT2D eigenvalue weighted by atomic mass is 16.5. The summed E-state index contributed by atoms with van der Waals surface area (Å²) in [6, 6.07) is 0.874. The van der Waals surface area contributed by atoms with E-state index in [9.17, 15) is 0 Å². The van der Waals surface area contributed by atoms with E-state index in [1.807, 2.05) is 0 Å². The van der Waals surface area contributed by atoms with Crippen molar-refractivity contribution in [2.24, 2.45) is 4.99 Å². The summed E-state index contributed by atoms with van der Waals surface area (Å²) in [6.45, 7) is 11.4. The van der Waals surface area contributed by atoms with Gasteiger partial charge in [-0.05, 0) is 46.2 Å². The third-order valence-corrected chi connectivity index (χ3v) is 4.15. The van der Waals surface area contributed by atoms with Crippen LogP contribution in [0, 0.1) is 0 Å². The molecule has 5 nitrogen and oxygen atoms in total. The van der Waals surface area contributed by atoms with Gasteiger partial charge in [-0.15, -0.1) is 0 Å². The lowest BCUT2D eigenvalue weighted by molar-refractivity contribution is 0.151. The van der Waals surface area contributed by atoms with Crippen LogP contribution in [0.25, 0.3) is 0 Å². The lowest BCUT2D eigenvalue weighted by Crippen LogP contribution is -2.46. The van der Waals surface area contributed by atoms with Crippen molar-refractivity contribution in [1.82, 2.24) is 15.5 Å². The molecule has 130 valence electrons. The first kappa shape index (κ1) is 19.2. The maximum atomic E-state index is 5.18. The van der Waals surface area contributed by atoms with Gasteiger partial charge in [-0.1, -0.05) is 19.8 Å². The molecule has 0 spiro atoms. The van der Waals surface area contributed by atoms with Crippen LogP contribution in [0.1, 0.15) is 52.9 Å². The van der Waals surface area contributed by atoms with E-state index in [1.165, 1.54) is 45.2 Å². The largest absolute Gasteiger partial charge is 0.383 e. The zero-order chi connectivity index (χ0) is 16.2. The first-order valence-corrected chi connectivity index (χ1v) is 8.99. The molecule has 2 unspecified atom stereocenters. The molecule has 2 atom stereocenters. The van der Waals surface area contributed by atoms with Crippen LogP contribution in [-0.4, -0.2) is 62.8 Å². The molecule has 1 rings (SSSR count). The molecule has 1 fully saturated rings. The highest BCUT2D eigenvalue weighted by molar-refractivity contribution is 5.80. The average molecular weight is 313 g/mol. The summed E-state index contributed by atoms with van der Waals surface area (Å²) >= 11 is 0. The molecular formula is C17H36N4O. The van der Waals surface area contributed by atoms with Crippen molar-refractivity contribution >= 4 is 5.96 Å². The molecule has 5 heteroatoms. The van der Waals surface area contributed by atoms with Crippen LogP contribution in [0.2, 0.25) is 0 Å². The molecule has 0 saturated carbocycles. The van der Waals surface area contributed by atoms with Gasteiger partial charge < -0.3 is 15.4 Å². The molecule has 0 radical (unpaired) electrons. The van der Waals surface area contributed by atoms with Crippen molar-refractivity contribution in [3.8, 4) is 0 Å². The molecular weight excluding hydrogens is 276 g/mol. The molecule has 0 amide bonds. The standard InChI is InChI=1S/C17H36N4O/c1-5-7-11-21-12-9-8-10-16(21)13-19-17(18-6-2)20-15(3)14-22-4/h15-16H,5-14H2,1-4H3,(H2,18,19,20). The lowest BCUT2D eigenvalue weighted by atomic mass is 10.0. The summed E-state index contributed by atoms with van der Waals surface area (Å²) in [5.74, 6) is 0.910. The Labute approximate surface area is 136 Å². The molecule has 22 heavy (non-hydrogen) atoms. The van der Waals surface area contributed by atoms with Crippen molar-refractivity contribution in [3.05, 3.63) is 0 Å². The normalized spacial score (nSPS) is 21.6. The number of unbranched alkanes of at least 4 members (excludes halogenated alkanes) is 1. The second kappa shape index (κ2) is 11.7. The minimum Gasteiger partial charge on any atom is -0.383 e. The second-order valence-electron chi connectivity index (χ2n) is 6.26. The Morgan fingerprint density at radius 1 is 1.36 bits per heavy atom. The Morgan fingerprint density at radius 2 is 2.18 bits per heavy atom. The second-order valence-corrected chi connectivity index (χ2v) is 6.26. The van der Waals surface area contributed by atoms with Gasteiger partial charge in [0, 0.05) is 25.7 Å². The van der Waals surface area contributed by atoms with Gasteiger partial charge in [-0.25, -0.2) is 0 Å². The maximum Gasteiger partial charge on any atom is 0.191 e. The number of rotatable bonds is 9. The molecule has 1 aliphatic rings. The van der Waals surface area contributed by atoms with Crippen molar-refractivity contribution in [3.63, 3.8) is 0 Å². The Morgan fingerprint density at radius 3 is 2.86 bits per heavy atom. The van der Waals surface area contributed by atoms with Crippen molar-refractivity contribution < 1.29 is 4.74 Å². The van der Waals surface area contributed by atoms with Gasteiger partial charge in [0.15, 0.2) is 5.96 Å². The van der Waals surface area contributed by atoms with Crippen LogP contribution < -0.4 is 10.6 Å². The Bertz CT molecular complexity index is 309. The van der Waals surface area contributed by atoms with E-state index < -0.39 is 0 Å². The van der Waals surface area contributed by atoms with Gasteiger partial charge in [0.05, 0.1) is 13.2 Å². The van der Waals surface area contributed by atoms with Crippen LogP contribution in [0.3, 0.4) is 0 Å². The van der Waals surface area contributed by atoms with E-state index in [4.69, 9.17) is 9.73 Å². The van der Waals surface area contributed by atoms with E-state index in [0.717, 1.165) is 19.0 Å². The van der Waals surface area contributed by atoms with Crippen molar-refractivity contribution in [2.75, 3.05) is 39.9 Å². The fraction of sp³-hybridized carbons (Fsp3) is 0.941. The van der Waals surface area contributed by atoms with E-state index in [2.05, 4.69) is 36.3 Å². The Kier molecular flexibility index (Phi) is 10.2. The van der Waals surface area contributed by atoms with Crippen LogP contribution in [0.15, 0.2) is 4.99 Å². The molecule has 2 N–H and O–H groups in total. The highest BCUT2D eigenvalue weighted by Crippen LogP contribution is 2.17. The zero-order valence-corrected chi connectivity index (χ0v) is 15.0. The first-order valence-electron chi connectivity index (χ1n) is 8.99. The minimum atomic E-state index is 0.269. The summed E-state index contributed by atoms with van der Waals surface area (Å²) < 4.78 is 5.18. The number of guanidine groups is 1. The number of hydrogen-bond donors (Lipinski definition) is 2. The van der Waals surface area contributed by atoms with Crippen LogP contribution in [0.5, 0.6) is 0 Å². The molecule has 1 heterocycles. The summed E-state index contributed by atoms with van der Waals surface area (Å²) in [4.78, 5) is 7.45. The van der Waals surface area contributed by atoms with Gasteiger partial charge in [0.2, 0.25) is 0 Å². The minimum absolute atomic E-state index is 0.269. The maximum absolute atomic E-state index is 5.18. The molecule has 0 aromatic rings. The summed E-state index contributed by atoms with van der Waals surface area (Å²) in [5, 5.41) is 6.75. The van der Waals surface area contributed by atoms with E-state index >= 15 is 0 Å². The fourth-order valence-corrected chi connectivity index (χ4v) is 2.96. The van der Waals surface area contributed by atoms with Gasteiger partial charge in [-0.3, -0.25) is 9.89 Å². The highest BCUT2D eigenvalue weighted by Gasteiger charge is 2.21. The van der Waals surface area contributed by atoms with Crippen LogP contribution in [0.4, 0.5) is 0 Å². The summed E-state index contributed by atoms with van der Waals surface area (Å²) in [5.41, 5.74) is 0. The molecule has 0 aromatic carbocycles. The summed E-state index contributed by atoms with van der Waals surface area (Å²) in [7, 11) is 1.73. The van der Waals surface area contributed by atoms with Crippen LogP contribution in [-0.2, 0) is 4.74 Å². The molecule has 1 saturated heterocycles. The Hall–Kier alpha value is -0.810. The SMILES string of the molecule is CCCCN1CCCCC1CN=C(NCC)NC(C)COC. The smallest absolute Gasteiger partial charge is 0.191 e. The number of nitrogens with one attached hydrogen (secondary N) is 2. The van der Waals surface area contributed by atoms with Crippen molar-refractivity contribution in [1.29, 1.82) is 0 Å². The van der Waals surface area contributed by atoms with Gasteiger partial charge in [0.25, 0.3) is 0 Å². The Balaban J connectivity index is 2.54. The quantitative estimate of drug-likeness (QED) is 0.506. The number of piperidine rings is 1. The summed E-state index contributed by atoms with van der Waals surface area (Å²) in [6.07, 6.45) is 6.52. The van der Waals surface area contributed by atoms with Crippen LogP contribution >= 0.6 is 0 Å². The number of hydrogen-bond acceptors (Lipinski definition) is 3. The fourth-order valence-electron chi connectivity index (χ4n) is 2.96. The predicted octanol–water partition coefficient (Wildman–Crippen LogP) is 2.23. The molecule has 0 aromatic heterocycles. The molecule has 0 aliphatic carbocycles. The van der Waals surface area contributed by atoms with Gasteiger partial charge in [-0.2, -0.15) is 0 Å². The number of methoxy groups -OCH3 is 1. The van der Waals surface area contributed by atoms with E-state index in [1.54, 1.807) is 7.11 Å².